The lowest BCUT2D eigenvalue weighted by molar-refractivity contribution is -0.143. The predicted molar refractivity (Wildman–Crippen MR) is 138 cm³/mol. The molecule has 1 aromatic carbocycles. The third-order valence-corrected chi connectivity index (χ3v) is 5.82. The maximum absolute atomic E-state index is 13.1. The molecule has 0 aliphatic heterocycles. The van der Waals surface area contributed by atoms with Crippen LogP contribution in [0.4, 0.5) is 0 Å². The van der Waals surface area contributed by atoms with Gasteiger partial charge in [0.05, 0.1) is 6.04 Å². The van der Waals surface area contributed by atoms with Gasteiger partial charge in [0, 0.05) is 6.42 Å². The van der Waals surface area contributed by atoms with Gasteiger partial charge in [-0.15, -0.1) is 0 Å². The third kappa shape index (κ3) is 11.6. The number of aromatic hydroxyl groups is 1. The summed E-state index contributed by atoms with van der Waals surface area (Å²) in [5.41, 5.74) is 12.3. The average molecular weight is 538 g/mol. The standard InChI is InChI=1S/C25H39N5O8/c1-14(2)21(24(36)29-19(25(37)38)10-11-20(32)33)30-23(35)18(5-3-4-12-26)28-22(34)17(27)13-15-6-8-16(31)9-7-15/h6-9,14,17-19,21,31H,3-5,10-13,26-27H2,1-2H3,(H,28,34)(H,29,36)(H,30,35)(H,32,33)(H,37,38). The second kappa shape index (κ2) is 16.2. The van der Waals surface area contributed by atoms with Crippen molar-refractivity contribution in [1.82, 2.24) is 16.0 Å². The Morgan fingerprint density at radius 1 is 0.842 bits per heavy atom. The number of aliphatic carboxylic acids is 2. The van der Waals surface area contributed by atoms with Crippen LogP contribution in [0.2, 0.25) is 0 Å². The summed E-state index contributed by atoms with van der Waals surface area (Å²) < 4.78 is 0. The van der Waals surface area contributed by atoms with E-state index in [1.807, 2.05) is 0 Å². The Bertz CT molecular complexity index is 954. The van der Waals surface area contributed by atoms with Crippen LogP contribution in [0.1, 0.15) is 51.5 Å². The van der Waals surface area contributed by atoms with E-state index in [1.165, 1.54) is 12.1 Å². The Labute approximate surface area is 221 Å². The minimum absolute atomic E-state index is 0.0729. The highest BCUT2D eigenvalue weighted by Gasteiger charge is 2.32. The van der Waals surface area contributed by atoms with Crippen LogP contribution in [0.5, 0.6) is 5.75 Å². The highest BCUT2D eigenvalue weighted by atomic mass is 16.4. The molecule has 10 N–H and O–H groups in total. The molecule has 212 valence electrons. The van der Waals surface area contributed by atoms with Crippen molar-refractivity contribution in [1.29, 1.82) is 0 Å². The summed E-state index contributed by atoms with van der Waals surface area (Å²) in [5, 5.41) is 35.1. The lowest BCUT2D eigenvalue weighted by Crippen LogP contribution is -2.58. The first-order valence-electron chi connectivity index (χ1n) is 12.4. The van der Waals surface area contributed by atoms with E-state index in [2.05, 4.69) is 16.0 Å². The molecule has 0 aliphatic rings. The fourth-order valence-corrected chi connectivity index (χ4v) is 3.59. The van der Waals surface area contributed by atoms with E-state index < -0.39 is 66.2 Å². The van der Waals surface area contributed by atoms with Crippen molar-refractivity contribution in [2.24, 2.45) is 17.4 Å². The molecular formula is C25H39N5O8. The van der Waals surface area contributed by atoms with Gasteiger partial charge in [0.15, 0.2) is 0 Å². The number of nitrogens with two attached hydrogens (primary N) is 2. The quantitative estimate of drug-likeness (QED) is 0.118. The summed E-state index contributed by atoms with van der Waals surface area (Å²) in [4.78, 5) is 61.1. The Balaban J connectivity index is 2.93. The summed E-state index contributed by atoms with van der Waals surface area (Å²) in [5.74, 6) is -5.02. The molecule has 1 rings (SSSR count). The van der Waals surface area contributed by atoms with Crippen molar-refractivity contribution in [2.75, 3.05) is 6.54 Å². The van der Waals surface area contributed by atoms with Crippen LogP contribution in [0, 0.1) is 5.92 Å². The van der Waals surface area contributed by atoms with E-state index in [0.717, 1.165) is 0 Å². The van der Waals surface area contributed by atoms with Crippen LogP contribution >= 0.6 is 0 Å². The van der Waals surface area contributed by atoms with Gasteiger partial charge in [-0.25, -0.2) is 4.79 Å². The second-order valence-corrected chi connectivity index (χ2v) is 9.38. The first kappa shape index (κ1) is 32.3. The van der Waals surface area contributed by atoms with Crippen molar-refractivity contribution in [2.45, 2.75) is 76.5 Å². The van der Waals surface area contributed by atoms with Gasteiger partial charge in [0.1, 0.15) is 23.9 Å². The number of phenolic OH excluding ortho intramolecular Hbond substituents is 1. The first-order chi connectivity index (χ1) is 17.8. The molecule has 0 spiro atoms. The highest BCUT2D eigenvalue weighted by Crippen LogP contribution is 2.12. The number of carboxylic acid groups (broad SMARTS) is 2. The summed E-state index contributed by atoms with van der Waals surface area (Å²) in [7, 11) is 0. The van der Waals surface area contributed by atoms with Crippen LogP contribution < -0.4 is 27.4 Å². The molecule has 4 atom stereocenters. The van der Waals surface area contributed by atoms with Gasteiger partial charge in [0.25, 0.3) is 0 Å². The molecule has 13 nitrogen and oxygen atoms in total. The Kier molecular flexibility index (Phi) is 13.8. The molecule has 0 saturated carbocycles. The molecule has 0 saturated heterocycles. The van der Waals surface area contributed by atoms with Crippen LogP contribution in [0.15, 0.2) is 24.3 Å². The molecule has 3 amide bonds. The average Bonchev–Trinajstić information content (AvgIpc) is 2.84. The number of amides is 3. The van der Waals surface area contributed by atoms with E-state index in [0.29, 0.717) is 24.9 Å². The van der Waals surface area contributed by atoms with E-state index in [-0.39, 0.29) is 25.0 Å². The fourth-order valence-electron chi connectivity index (χ4n) is 3.59. The van der Waals surface area contributed by atoms with Gasteiger partial charge in [-0.2, -0.15) is 0 Å². The lowest BCUT2D eigenvalue weighted by Gasteiger charge is -2.27. The number of carbonyl (C=O) groups is 5. The summed E-state index contributed by atoms with van der Waals surface area (Å²) in [6.07, 6.45) is 0.701. The van der Waals surface area contributed by atoms with Crippen LogP contribution in [-0.4, -0.2) is 75.7 Å². The van der Waals surface area contributed by atoms with E-state index in [1.54, 1.807) is 26.0 Å². The zero-order valence-corrected chi connectivity index (χ0v) is 21.7. The Morgan fingerprint density at radius 2 is 1.45 bits per heavy atom. The van der Waals surface area contributed by atoms with Gasteiger partial charge in [0.2, 0.25) is 17.7 Å². The Morgan fingerprint density at radius 3 is 1.97 bits per heavy atom. The van der Waals surface area contributed by atoms with Crippen LogP contribution in [0.3, 0.4) is 0 Å². The molecule has 1 aromatic rings. The number of hydrogen-bond acceptors (Lipinski definition) is 8. The second-order valence-electron chi connectivity index (χ2n) is 9.38. The molecule has 0 fully saturated rings. The minimum Gasteiger partial charge on any atom is -0.508 e. The number of rotatable bonds is 17. The Hall–Kier alpha value is -3.71. The monoisotopic (exact) mass is 537 g/mol. The summed E-state index contributed by atoms with van der Waals surface area (Å²) in [6, 6.07) is 1.58. The number of phenols is 1. The molecule has 0 aliphatic carbocycles. The number of nitrogens with one attached hydrogen (secondary N) is 3. The molecule has 0 aromatic heterocycles. The molecule has 13 heteroatoms. The van der Waals surface area contributed by atoms with Crippen molar-refractivity contribution in [3.63, 3.8) is 0 Å². The van der Waals surface area contributed by atoms with Gasteiger partial charge in [-0.1, -0.05) is 26.0 Å². The molecule has 38 heavy (non-hydrogen) atoms. The zero-order chi connectivity index (χ0) is 28.8. The summed E-state index contributed by atoms with van der Waals surface area (Å²) in [6.45, 7) is 3.67. The van der Waals surface area contributed by atoms with Gasteiger partial charge in [-0.3, -0.25) is 19.2 Å². The van der Waals surface area contributed by atoms with Gasteiger partial charge >= 0.3 is 11.9 Å². The highest BCUT2D eigenvalue weighted by molar-refractivity contribution is 5.94. The zero-order valence-electron chi connectivity index (χ0n) is 21.7. The first-order valence-corrected chi connectivity index (χ1v) is 12.4. The number of hydrogen-bond donors (Lipinski definition) is 8. The molecule has 0 radical (unpaired) electrons. The topological polar surface area (TPSA) is 234 Å². The maximum atomic E-state index is 13.1. The van der Waals surface area contributed by atoms with Crippen molar-refractivity contribution >= 4 is 29.7 Å². The predicted octanol–water partition coefficient (Wildman–Crippen LogP) is -0.549. The maximum Gasteiger partial charge on any atom is 0.326 e. The largest absolute Gasteiger partial charge is 0.508 e. The molecule has 0 bridgehead atoms. The minimum atomic E-state index is -1.45. The van der Waals surface area contributed by atoms with E-state index >= 15 is 0 Å². The molecular weight excluding hydrogens is 498 g/mol. The van der Waals surface area contributed by atoms with Gasteiger partial charge in [-0.05, 0) is 62.3 Å². The molecule has 0 heterocycles. The summed E-state index contributed by atoms with van der Waals surface area (Å²) >= 11 is 0. The smallest absolute Gasteiger partial charge is 0.326 e. The van der Waals surface area contributed by atoms with Gasteiger partial charge < -0.3 is 42.7 Å². The fraction of sp³-hybridized carbons (Fsp3) is 0.560. The number of carbonyl (C=O) groups excluding carboxylic acids is 3. The van der Waals surface area contributed by atoms with Crippen molar-refractivity contribution < 1.29 is 39.3 Å². The van der Waals surface area contributed by atoms with Crippen LogP contribution in [-0.2, 0) is 30.4 Å². The number of carboxylic acids is 2. The lowest BCUT2D eigenvalue weighted by atomic mass is 10.0. The SMILES string of the molecule is CC(C)C(NC(=O)C(CCCCN)NC(=O)C(N)Cc1ccc(O)cc1)C(=O)NC(CCC(=O)O)C(=O)O. The van der Waals surface area contributed by atoms with Crippen LogP contribution in [0.25, 0.3) is 0 Å². The number of unbranched alkanes of at least 4 members (excludes halogenated alkanes) is 1. The number of benzene rings is 1. The van der Waals surface area contributed by atoms with Crippen molar-refractivity contribution in [3.05, 3.63) is 29.8 Å². The third-order valence-electron chi connectivity index (χ3n) is 5.82. The van der Waals surface area contributed by atoms with E-state index in [9.17, 15) is 34.2 Å². The van der Waals surface area contributed by atoms with Crippen molar-refractivity contribution in [3.8, 4) is 5.75 Å². The molecule has 4 unspecified atom stereocenters. The van der Waals surface area contributed by atoms with E-state index in [4.69, 9.17) is 16.6 Å². The normalized spacial score (nSPS) is 14.1.